The van der Waals surface area contributed by atoms with Crippen LogP contribution < -0.4 is 10.0 Å². The van der Waals surface area contributed by atoms with Crippen molar-refractivity contribution in [2.75, 3.05) is 10.0 Å². The van der Waals surface area contributed by atoms with E-state index in [0.29, 0.717) is 33.3 Å². The molecule has 0 radical (unpaired) electrons. The molecule has 0 atom stereocenters. The van der Waals surface area contributed by atoms with Crippen LogP contribution >= 0.6 is 22.9 Å². The SMILES string of the molecule is CCC(=O)Nc1nc2cc(NS(=O)(=O)c3cccc(Cl)c3C)ccc2s1. The predicted octanol–water partition coefficient (Wildman–Crippen LogP) is 4.41. The molecule has 0 aliphatic rings. The number of benzene rings is 2. The van der Waals surface area contributed by atoms with Gasteiger partial charge >= 0.3 is 0 Å². The number of halogens is 1. The zero-order valence-electron chi connectivity index (χ0n) is 14.0. The summed E-state index contributed by atoms with van der Waals surface area (Å²) in [5, 5.41) is 3.58. The first-order valence-electron chi connectivity index (χ1n) is 7.78. The van der Waals surface area contributed by atoms with Gasteiger partial charge in [-0.3, -0.25) is 9.52 Å². The zero-order chi connectivity index (χ0) is 18.9. The molecular weight excluding hydrogens is 394 g/mol. The first-order chi connectivity index (χ1) is 12.3. The third-order valence-corrected chi connectivity index (χ3v) is 6.60. The van der Waals surface area contributed by atoms with Crippen molar-refractivity contribution in [2.45, 2.75) is 25.2 Å². The van der Waals surface area contributed by atoms with Crippen LogP contribution in [0.5, 0.6) is 0 Å². The van der Waals surface area contributed by atoms with Gasteiger partial charge in [0.25, 0.3) is 10.0 Å². The van der Waals surface area contributed by atoms with Gasteiger partial charge in [-0.15, -0.1) is 0 Å². The van der Waals surface area contributed by atoms with Gasteiger partial charge < -0.3 is 5.32 Å². The highest BCUT2D eigenvalue weighted by Gasteiger charge is 2.18. The van der Waals surface area contributed by atoms with Crippen LogP contribution in [0.25, 0.3) is 10.2 Å². The van der Waals surface area contributed by atoms with Crippen molar-refractivity contribution in [2.24, 2.45) is 0 Å². The average Bonchev–Trinajstić information content (AvgIpc) is 2.98. The quantitative estimate of drug-likeness (QED) is 0.653. The van der Waals surface area contributed by atoms with Gasteiger partial charge in [0.1, 0.15) is 0 Å². The van der Waals surface area contributed by atoms with Gasteiger partial charge in [0.2, 0.25) is 5.91 Å². The number of carbonyl (C=O) groups excluding carboxylic acids is 1. The van der Waals surface area contributed by atoms with Crippen LogP contribution in [0.4, 0.5) is 10.8 Å². The third-order valence-electron chi connectivity index (χ3n) is 3.71. The minimum absolute atomic E-state index is 0.124. The van der Waals surface area contributed by atoms with E-state index < -0.39 is 10.0 Å². The van der Waals surface area contributed by atoms with Crippen LogP contribution in [0, 0.1) is 6.92 Å². The number of rotatable bonds is 5. The molecule has 0 aliphatic heterocycles. The molecule has 2 aromatic carbocycles. The van der Waals surface area contributed by atoms with Gasteiger partial charge in [-0.2, -0.15) is 0 Å². The number of hydrogen-bond acceptors (Lipinski definition) is 5. The number of amides is 1. The van der Waals surface area contributed by atoms with E-state index >= 15 is 0 Å². The monoisotopic (exact) mass is 409 g/mol. The van der Waals surface area contributed by atoms with Crippen molar-refractivity contribution in [3.63, 3.8) is 0 Å². The maximum atomic E-state index is 12.7. The van der Waals surface area contributed by atoms with E-state index in [1.54, 1.807) is 44.2 Å². The Morgan fingerprint density at radius 2 is 2.04 bits per heavy atom. The molecule has 0 saturated carbocycles. The number of carbonyl (C=O) groups is 1. The summed E-state index contributed by atoms with van der Waals surface area (Å²) in [4.78, 5) is 15.9. The second kappa shape index (κ2) is 7.22. The number of fused-ring (bicyclic) bond motifs is 1. The van der Waals surface area contributed by atoms with Crippen molar-refractivity contribution in [1.82, 2.24) is 4.98 Å². The lowest BCUT2D eigenvalue weighted by molar-refractivity contribution is -0.115. The van der Waals surface area contributed by atoms with E-state index in [1.807, 2.05) is 0 Å². The molecule has 0 fully saturated rings. The Morgan fingerprint density at radius 1 is 1.27 bits per heavy atom. The lowest BCUT2D eigenvalue weighted by Crippen LogP contribution is -2.14. The van der Waals surface area contributed by atoms with Gasteiger partial charge in [0.15, 0.2) is 5.13 Å². The molecule has 0 spiro atoms. The summed E-state index contributed by atoms with van der Waals surface area (Å²) in [6.07, 6.45) is 0.361. The molecule has 1 aromatic heterocycles. The Hall–Kier alpha value is -2.16. The number of hydrogen-bond donors (Lipinski definition) is 2. The topological polar surface area (TPSA) is 88.2 Å². The highest BCUT2D eigenvalue weighted by molar-refractivity contribution is 7.92. The van der Waals surface area contributed by atoms with Crippen LogP contribution in [-0.2, 0) is 14.8 Å². The molecule has 1 heterocycles. The van der Waals surface area contributed by atoms with E-state index in [1.165, 1.54) is 17.4 Å². The summed E-state index contributed by atoms with van der Waals surface area (Å²) in [5.74, 6) is -0.124. The number of aromatic nitrogens is 1. The van der Waals surface area contributed by atoms with Gasteiger partial charge in [0.05, 0.1) is 20.8 Å². The Labute approximate surface area is 160 Å². The highest BCUT2D eigenvalue weighted by Crippen LogP contribution is 2.30. The van der Waals surface area contributed by atoms with Crippen molar-refractivity contribution < 1.29 is 13.2 Å². The van der Waals surface area contributed by atoms with Gasteiger partial charge in [-0.25, -0.2) is 13.4 Å². The van der Waals surface area contributed by atoms with Crippen LogP contribution in [0.3, 0.4) is 0 Å². The minimum Gasteiger partial charge on any atom is -0.302 e. The Morgan fingerprint density at radius 3 is 2.77 bits per heavy atom. The summed E-state index contributed by atoms with van der Waals surface area (Å²) < 4.78 is 28.7. The van der Waals surface area contributed by atoms with Crippen LogP contribution in [-0.4, -0.2) is 19.3 Å². The maximum absolute atomic E-state index is 12.7. The summed E-state index contributed by atoms with van der Waals surface area (Å²) in [7, 11) is -3.78. The van der Waals surface area contributed by atoms with Gasteiger partial charge in [-0.1, -0.05) is 35.9 Å². The van der Waals surface area contributed by atoms with E-state index in [-0.39, 0.29) is 10.8 Å². The first-order valence-corrected chi connectivity index (χ1v) is 10.5. The second-order valence-corrected chi connectivity index (χ2v) is 8.66. The molecule has 2 N–H and O–H groups in total. The molecule has 0 aliphatic carbocycles. The smallest absolute Gasteiger partial charge is 0.262 e. The molecule has 136 valence electrons. The summed E-state index contributed by atoms with van der Waals surface area (Å²) in [6, 6.07) is 9.79. The fourth-order valence-corrected chi connectivity index (χ4v) is 4.75. The molecule has 1 amide bonds. The maximum Gasteiger partial charge on any atom is 0.262 e. The third kappa shape index (κ3) is 3.82. The van der Waals surface area contributed by atoms with E-state index in [4.69, 9.17) is 11.6 Å². The number of nitrogens with one attached hydrogen (secondary N) is 2. The van der Waals surface area contributed by atoms with Crippen LogP contribution in [0.2, 0.25) is 5.02 Å². The van der Waals surface area contributed by atoms with Crippen LogP contribution in [0.1, 0.15) is 18.9 Å². The summed E-state index contributed by atoms with van der Waals surface area (Å²) >= 11 is 7.35. The van der Waals surface area contributed by atoms with Gasteiger partial charge in [-0.05, 0) is 42.8 Å². The predicted molar refractivity (Wildman–Crippen MR) is 106 cm³/mol. The lowest BCUT2D eigenvalue weighted by Gasteiger charge is -2.11. The molecule has 0 unspecified atom stereocenters. The second-order valence-electron chi connectivity index (χ2n) is 5.57. The van der Waals surface area contributed by atoms with E-state index in [9.17, 15) is 13.2 Å². The Kier molecular flexibility index (Phi) is 5.17. The van der Waals surface area contributed by atoms with Crippen molar-refractivity contribution >= 4 is 59.9 Å². The summed E-state index contributed by atoms with van der Waals surface area (Å²) in [6.45, 7) is 3.41. The molecule has 26 heavy (non-hydrogen) atoms. The van der Waals surface area contributed by atoms with Crippen molar-refractivity contribution in [1.29, 1.82) is 0 Å². The summed E-state index contributed by atoms with van der Waals surface area (Å²) in [5.41, 5.74) is 1.47. The average molecular weight is 410 g/mol. The molecule has 3 rings (SSSR count). The zero-order valence-corrected chi connectivity index (χ0v) is 16.4. The van der Waals surface area contributed by atoms with Crippen molar-refractivity contribution in [3.05, 3.63) is 47.0 Å². The minimum atomic E-state index is -3.78. The lowest BCUT2D eigenvalue weighted by atomic mass is 10.2. The first kappa shape index (κ1) is 18.6. The molecule has 0 saturated heterocycles. The number of anilines is 2. The Bertz CT molecular complexity index is 1090. The van der Waals surface area contributed by atoms with Gasteiger partial charge in [0, 0.05) is 11.4 Å². The van der Waals surface area contributed by atoms with Crippen molar-refractivity contribution in [3.8, 4) is 0 Å². The number of nitrogens with zero attached hydrogens (tertiary/aromatic N) is 1. The molecular formula is C17H16ClN3O3S2. The normalized spacial score (nSPS) is 11.5. The number of sulfonamides is 1. The molecule has 9 heteroatoms. The fraction of sp³-hybridized carbons (Fsp3) is 0.176. The highest BCUT2D eigenvalue weighted by atomic mass is 35.5. The largest absolute Gasteiger partial charge is 0.302 e. The van der Waals surface area contributed by atoms with E-state index in [2.05, 4.69) is 15.0 Å². The Balaban J connectivity index is 1.91. The van der Waals surface area contributed by atoms with Crippen LogP contribution in [0.15, 0.2) is 41.3 Å². The fourth-order valence-electron chi connectivity index (χ4n) is 2.34. The molecule has 0 bridgehead atoms. The number of thiazole rings is 1. The molecule has 6 nitrogen and oxygen atoms in total. The van der Waals surface area contributed by atoms with E-state index in [0.717, 1.165) is 4.70 Å². The molecule has 3 aromatic rings. The standard InChI is InChI=1S/C17H16ClN3O3S2/c1-3-16(22)20-17-19-13-9-11(7-8-14(13)25-17)21-26(23,24)15-6-4-5-12(18)10(15)2/h4-9,21H,3H2,1-2H3,(H,19,20,22).